The highest BCUT2D eigenvalue weighted by Crippen LogP contribution is 2.41. The van der Waals surface area contributed by atoms with E-state index < -0.39 is 5.60 Å². The molecule has 1 saturated heterocycles. The Balaban J connectivity index is 1.09. The first-order valence-electron chi connectivity index (χ1n) is 13.4. The lowest BCUT2D eigenvalue weighted by Crippen LogP contribution is -2.50. The number of halogens is 1. The third-order valence-electron chi connectivity index (χ3n) is 8.56. The molecule has 37 heavy (non-hydrogen) atoms. The number of hydrazine groups is 1. The first-order chi connectivity index (χ1) is 17.9. The van der Waals surface area contributed by atoms with E-state index in [0.29, 0.717) is 30.3 Å². The average Bonchev–Trinajstić information content (AvgIpc) is 3.48. The molecule has 6 atom stereocenters. The molecule has 3 fully saturated rings. The van der Waals surface area contributed by atoms with Crippen molar-refractivity contribution >= 4 is 16.8 Å². The number of nitrogens with zero attached hydrogens (tertiary/aromatic N) is 3. The van der Waals surface area contributed by atoms with E-state index in [-0.39, 0.29) is 36.3 Å². The molecule has 1 amide bonds. The van der Waals surface area contributed by atoms with E-state index in [0.717, 1.165) is 43.2 Å². The van der Waals surface area contributed by atoms with Crippen LogP contribution in [-0.2, 0) is 11.3 Å². The Morgan fingerprint density at radius 2 is 2.16 bits per heavy atom. The number of fused-ring (bicyclic) bond motifs is 2. The Hall–Kier alpha value is -2.88. The van der Waals surface area contributed by atoms with Crippen molar-refractivity contribution < 1.29 is 14.3 Å². The minimum atomic E-state index is -0.990. The Morgan fingerprint density at radius 3 is 3.00 bits per heavy atom. The lowest BCUT2D eigenvalue weighted by Gasteiger charge is -2.38. The molecule has 2 aromatic heterocycles. The van der Waals surface area contributed by atoms with Crippen molar-refractivity contribution in [1.82, 2.24) is 30.9 Å². The Labute approximate surface area is 216 Å². The lowest BCUT2D eigenvalue weighted by molar-refractivity contribution is -0.128. The quantitative estimate of drug-likeness (QED) is 0.423. The lowest BCUT2D eigenvalue weighted by atomic mass is 9.74. The summed E-state index contributed by atoms with van der Waals surface area (Å²) in [7, 11) is 0. The fourth-order valence-corrected chi connectivity index (χ4v) is 6.75. The molecular formula is C28H35FN6O2. The molecule has 4 N–H and O–H groups in total. The van der Waals surface area contributed by atoms with Gasteiger partial charge in [-0.15, -0.1) is 0 Å². The summed E-state index contributed by atoms with van der Waals surface area (Å²) in [4.78, 5) is 17.7. The molecule has 4 unspecified atom stereocenters. The van der Waals surface area contributed by atoms with Gasteiger partial charge in [0.2, 0.25) is 5.91 Å². The van der Waals surface area contributed by atoms with Gasteiger partial charge in [-0.1, -0.05) is 12.1 Å². The SMILES string of the molecule is Cc1cc(C2NNC3CCC(C(=O)N[C@H]4CCC[C@@](O)(Cn5cc6cccc(F)c6n5)C4)CC32)ccn1. The van der Waals surface area contributed by atoms with Crippen LogP contribution in [0, 0.1) is 24.6 Å². The highest BCUT2D eigenvalue weighted by atomic mass is 19.1. The maximum atomic E-state index is 14.1. The van der Waals surface area contributed by atoms with Gasteiger partial charge in [-0.05, 0) is 81.5 Å². The largest absolute Gasteiger partial charge is 0.388 e. The van der Waals surface area contributed by atoms with Gasteiger partial charge in [0.05, 0.1) is 18.2 Å². The van der Waals surface area contributed by atoms with Crippen LogP contribution in [0.5, 0.6) is 0 Å². The molecule has 0 spiro atoms. The zero-order chi connectivity index (χ0) is 25.6. The molecule has 196 valence electrons. The number of rotatable bonds is 5. The first kappa shape index (κ1) is 24.5. The topological polar surface area (TPSA) is 104 Å². The second-order valence-electron chi connectivity index (χ2n) is 11.3. The summed E-state index contributed by atoms with van der Waals surface area (Å²) in [5.74, 6) is 0.0311. The number of aliphatic hydroxyl groups is 1. The van der Waals surface area contributed by atoms with E-state index in [2.05, 4.69) is 38.4 Å². The highest BCUT2D eigenvalue weighted by molar-refractivity contribution is 5.79. The van der Waals surface area contributed by atoms with Crippen molar-refractivity contribution in [3.63, 3.8) is 0 Å². The molecule has 0 radical (unpaired) electrons. The summed E-state index contributed by atoms with van der Waals surface area (Å²) < 4.78 is 15.7. The van der Waals surface area contributed by atoms with Crippen LogP contribution in [0.1, 0.15) is 62.2 Å². The van der Waals surface area contributed by atoms with Crippen LogP contribution in [0.4, 0.5) is 4.39 Å². The number of carbonyl (C=O) groups excluding carboxylic acids is 1. The van der Waals surface area contributed by atoms with Crippen molar-refractivity contribution in [2.75, 3.05) is 0 Å². The van der Waals surface area contributed by atoms with E-state index >= 15 is 0 Å². The minimum absolute atomic E-state index is 0.0391. The van der Waals surface area contributed by atoms with Crippen molar-refractivity contribution in [3.05, 3.63) is 59.8 Å². The van der Waals surface area contributed by atoms with Gasteiger partial charge in [-0.25, -0.2) is 9.82 Å². The van der Waals surface area contributed by atoms with Gasteiger partial charge in [0, 0.05) is 41.5 Å². The Bertz CT molecular complexity index is 1300. The number of carbonyl (C=O) groups is 1. The fraction of sp³-hybridized carbons (Fsp3) is 0.536. The van der Waals surface area contributed by atoms with Crippen LogP contribution in [0.15, 0.2) is 42.7 Å². The van der Waals surface area contributed by atoms with Crippen LogP contribution >= 0.6 is 0 Å². The molecule has 1 aromatic carbocycles. The Kier molecular flexibility index (Phi) is 6.46. The van der Waals surface area contributed by atoms with Crippen LogP contribution in [0.3, 0.4) is 0 Å². The van der Waals surface area contributed by atoms with E-state index in [1.165, 1.54) is 11.6 Å². The Morgan fingerprint density at radius 1 is 1.27 bits per heavy atom. The van der Waals surface area contributed by atoms with Gasteiger partial charge in [0.15, 0.2) is 5.82 Å². The van der Waals surface area contributed by atoms with Gasteiger partial charge in [-0.2, -0.15) is 5.10 Å². The number of benzene rings is 1. The number of hydrogen-bond donors (Lipinski definition) is 4. The summed E-state index contributed by atoms with van der Waals surface area (Å²) >= 11 is 0. The van der Waals surface area contributed by atoms with Crippen molar-refractivity contribution in [2.45, 2.75) is 82.1 Å². The summed E-state index contributed by atoms with van der Waals surface area (Å²) in [6, 6.07) is 9.49. The molecule has 3 heterocycles. The van der Waals surface area contributed by atoms with Crippen molar-refractivity contribution in [3.8, 4) is 0 Å². The summed E-state index contributed by atoms with van der Waals surface area (Å²) in [6.07, 6.45) is 9.04. The second-order valence-corrected chi connectivity index (χ2v) is 11.3. The highest BCUT2D eigenvalue weighted by Gasteiger charge is 2.43. The molecule has 8 nitrogen and oxygen atoms in total. The number of hydrogen-bond acceptors (Lipinski definition) is 6. The number of aromatic nitrogens is 3. The minimum Gasteiger partial charge on any atom is -0.388 e. The molecule has 3 aromatic rings. The van der Waals surface area contributed by atoms with Gasteiger partial charge < -0.3 is 10.4 Å². The van der Waals surface area contributed by atoms with Gasteiger partial charge in [-0.3, -0.25) is 19.9 Å². The summed E-state index contributed by atoms with van der Waals surface area (Å²) in [5, 5.41) is 19.7. The van der Waals surface area contributed by atoms with Crippen molar-refractivity contribution in [1.29, 1.82) is 0 Å². The predicted molar refractivity (Wildman–Crippen MR) is 138 cm³/mol. The zero-order valence-corrected chi connectivity index (χ0v) is 21.2. The molecule has 2 aliphatic carbocycles. The van der Waals surface area contributed by atoms with E-state index in [4.69, 9.17) is 0 Å². The van der Waals surface area contributed by atoms with Gasteiger partial charge in [0.25, 0.3) is 0 Å². The van der Waals surface area contributed by atoms with Crippen LogP contribution in [0.2, 0.25) is 0 Å². The normalized spacial score (nSPS) is 31.8. The smallest absolute Gasteiger partial charge is 0.223 e. The molecule has 9 heteroatoms. The number of nitrogens with one attached hydrogen (secondary N) is 3. The summed E-state index contributed by atoms with van der Waals surface area (Å²) in [6.45, 7) is 2.28. The van der Waals surface area contributed by atoms with E-state index in [1.54, 1.807) is 16.9 Å². The molecular weight excluding hydrogens is 471 g/mol. The van der Waals surface area contributed by atoms with Crippen LogP contribution in [-0.4, -0.2) is 43.5 Å². The molecule has 3 aliphatic rings. The second kappa shape index (κ2) is 9.78. The van der Waals surface area contributed by atoms with E-state index in [9.17, 15) is 14.3 Å². The first-order valence-corrected chi connectivity index (χ1v) is 13.4. The molecule has 1 aliphatic heterocycles. The third-order valence-corrected chi connectivity index (χ3v) is 8.56. The standard InChI is InChI=1S/C28H35FN6O2/c1-17-12-18(9-11-30-17)25-22-13-19(7-8-24(22)32-33-25)27(36)31-21-5-3-10-28(37,14-21)16-35-15-20-4-2-6-23(29)26(20)34-35/h2,4,6,9,11-12,15,19,21-22,24-25,32-33,37H,3,5,7-8,10,13-14,16H2,1H3,(H,31,36)/t19?,21-,22?,24?,25?,28-/m0/s1. The average molecular weight is 507 g/mol. The third kappa shape index (κ3) is 5.00. The van der Waals surface area contributed by atoms with Gasteiger partial charge in [0.1, 0.15) is 5.52 Å². The maximum absolute atomic E-state index is 14.1. The number of aryl methyl sites for hydroxylation is 1. The maximum Gasteiger partial charge on any atom is 0.223 e. The molecule has 0 bridgehead atoms. The summed E-state index contributed by atoms with van der Waals surface area (Å²) in [5.41, 5.74) is 8.43. The van der Waals surface area contributed by atoms with Gasteiger partial charge >= 0.3 is 0 Å². The monoisotopic (exact) mass is 506 g/mol. The van der Waals surface area contributed by atoms with Crippen LogP contribution < -0.4 is 16.2 Å². The van der Waals surface area contributed by atoms with Crippen LogP contribution in [0.25, 0.3) is 10.9 Å². The predicted octanol–water partition coefficient (Wildman–Crippen LogP) is 3.30. The fourth-order valence-electron chi connectivity index (χ4n) is 6.75. The van der Waals surface area contributed by atoms with Crippen molar-refractivity contribution in [2.24, 2.45) is 11.8 Å². The van der Waals surface area contributed by atoms with E-state index in [1.807, 2.05) is 19.2 Å². The number of pyridine rings is 1. The molecule has 6 rings (SSSR count). The molecule has 2 saturated carbocycles. The zero-order valence-electron chi connectivity index (χ0n) is 21.2. The number of amides is 1.